The van der Waals surface area contributed by atoms with Crippen LogP contribution in [-0.2, 0) is 0 Å². The van der Waals surface area contributed by atoms with E-state index in [1.165, 1.54) is 0 Å². The minimum Gasteiger partial charge on any atom is -0.393 e. The van der Waals surface area contributed by atoms with Crippen LogP contribution < -0.4 is 0 Å². The molecule has 2 N–H and O–H groups in total. The zero-order valence-corrected chi connectivity index (χ0v) is 8.39. The van der Waals surface area contributed by atoms with Gasteiger partial charge >= 0.3 is 0 Å². The zero-order valence-electron chi connectivity index (χ0n) is 8.39. The quantitative estimate of drug-likeness (QED) is 0.651. The molecule has 0 heterocycles. The fourth-order valence-corrected chi connectivity index (χ4v) is 0. The molecule has 0 aliphatic carbocycles. The third-order valence-electron chi connectivity index (χ3n) is 1.46. The van der Waals surface area contributed by atoms with Gasteiger partial charge in [-0.3, -0.25) is 0 Å². The Morgan fingerprint density at radius 3 is 1.45 bits per heavy atom. The van der Waals surface area contributed by atoms with Crippen LogP contribution in [0, 0.1) is 0 Å². The molecule has 70 valence electrons. The molecule has 1 unspecified atom stereocenters. The van der Waals surface area contributed by atoms with Crippen LogP contribution in [0.25, 0.3) is 0 Å². The highest BCUT2D eigenvalue weighted by atomic mass is 16.3. The largest absolute Gasteiger partial charge is 0.393 e. The Kier molecular flexibility index (Phi) is 8.13. The normalized spacial score (nSPS) is 13.4. The average molecular weight is 162 g/mol. The highest BCUT2D eigenvalue weighted by Crippen LogP contribution is 2.03. The van der Waals surface area contributed by atoms with Crippen LogP contribution >= 0.6 is 0 Å². The first kappa shape index (κ1) is 13.5. The molecule has 0 saturated carbocycles. The average Bonchev–Trinajstić information content (AvgIpc) is 1.88. The van der Waals surface area contributed by atoms with Crippen molar-refractivity contribution in [2.24, 2.45) is 0 Å². The number of aliphatic hydroxyl groups excluding tert-OH is 1. The molecule has 0 rings (SSSR count). The first-order valence-corrected chi connectivity index (χ1v) is 4.24. The van der Waals surface area contributed by atoms with E-state index in [0.29, 0.717) is 0 Å². The van der Waals surface area contributed by atoms with Crippen molar-refractivity contribution in [3.63, 3.8) is 0 Å². The van der Waals surface area contributed by atoms with Crippen LogP contribution in [-0.4, -0.2) is 21.9 Å². The SMILES string of the molecule is CCC(C)(C)O.CCC(C)O. The highest BCUT2D eigenvalue weighted by Gasteiger charge is 2.05. The summed E-state index contributed by atoms with van der Waals surface area (Å²) in [6.45, 7) is 9.28. The summed E-state index contributed by atoms with van der Waals surface area (Å²) in [7, 11) is 0. The molecule has 0 saturated heterocycles. The number of rotatable bonds is 2. The molecule has 0 aromatic carbocycles. The lowest BCUT2D eigenvalue weighted by Gasteiger charge is -2.11. The molecule has 1 atom stereocenters. The molecule has 0 amide bonds. The van der Waals surface area contributed by atoms with Crippen LogP contribution in [0.5, 0.6) is 0 Å². The van der Waals surface area contributed by atoms with Gasteiger partial charge in [-0.25, -0.2) is 0 Å². The van der Waals surface area contributed by atoms with Crippen molar-refractivity contribution in [2.45, 2.75) is 59.2 Å². The standard InChI is InChI=1S/C5H12O.C4H10O/c1-4-5(2,3)6;1-3-4(2)5/h6H,4H2,1-3H3;4-5H,3H2,1-2H3. The molecular weight excluding hydrogens is 140 g/mol. The van der Waals surface area contributed by atoms with Gasteiger partial charge in [0.05, 0.1) is 11.7 Å². The third-order valence-corrected chi connectivity index (χ3v) is 1.46. The molecule has 0 aromatic heterocycles. The summed E-state index contributed by atoms with van der Waals surface area (Å²) in [6.07, 6.45) is 1.57. The van der Waals surface area contributed by atoms with Gasteiger partial charge in [-0.05, 0) is 33.6 Å². The van der Waals surface area contributed by atoms with Crippen molar-refractivity contribution in [1.82, 2.24) is 0 Å². The van der Waals surface area contributed by atoms with E-state index in [1.54, 1.807) is 20.8 Å². The van der Waals surface area contributed by atoms with Gasteiger partial charge in [0.15, 0.2) is 0 Å². The van der Waals surface area contributed by atoms with Crippen LogP contribution in [0.3, 0.4) is 0 Å². The Hall–Kier alpha value is -0.0800. The maximum Gasteiger partial charge on any atom is 0.0589 e. The highest BCUT2D eigenvalue weighted by molar-refractivity contribution is 4.59. The molecular formula is C9H22O2. The first-order chi connectivity index (χ1) is 4.83. The minimum absolute atomic E-state index is 0.116. The summed E-state index contributed by atoms with van der Waals surface area (Å²) >= 11 is 0. The second-order valence-corrected chi connectivity index (χ2v) is 3.42. The molecule has 0 spiro atoms. The van der Waals surface area contributed by atoms with Gasteiger partial charge < -0.3 is 10.2 Å². The smallest absolute Gasteiger partial charge is 0.0589 e. The summed E-state index contributed by atoms with van der Waals surface area (Å²) < 4.78 is 0. The molecule has 2 nitrogen and oxygen atoms in total. The molecule has 11 heavy (non-hydrogen) atoms. The number of hydrogen-bond donors (Lipinski definition) is 2. The van der Waals surface area contributed by atoms with E-state index >= 15 is 0 Å². The van der Waals surface area contributed by atoms with Gasteiger partial charge in [-0.1, -0.05) is 13.8 Å². The van der Waals surface area contributed by atoms with E-state index in [1.807, 2.05) is 13.8 Å². The second-order valence-electron chi connectivity index (χ2n) is 3.42. The summed E-state index contributed by atoms with van der Waals surface area (Å²) in [4.78, 5) is 0. The summed E-state index contributed by atoms with van der Waals surface area (Å²) in [6, 6.07) is 0. The van der Waals surface area contributed by atoms with Crippen molar-refractivity contribution in [1.29, 1.82) is 0 Å². The van der Waals surface area contributed by atoms with E-state index < -0.39 is 5.60 Å². The predicted molar refractivity (Wildman–Crippen MR) is 48.6 cm³/mol. The van der Waals surface area contributed by atoms with E-state index in [-0.39, 0.29) is 6.10 Å². The Balaban J connectivity index is 0. The molecule has 0 fully saturated rings. The van der Waals surface area contributed by atoms with Crippen LogP contribution in [0.2, 0.25) is 0 Å². The summed E-state index contributed by atoms with van der Waals surface area (Å²) in [5.41, 5.74) is -0.458. The van der Waals surface area contributed by atoms with E-state index in [9.17, 15) is 0 Å². The molecule has 0 aromatic rings. The van der Waals surface area contributed by atoms with Crippen LogP contribution in [0.1, 0.15) is 47.5 Å². The van der Waals surface area contributed by atoms with Gasteiger partial charge in [-0.15, -0.1) is 0 Å². The topological polar surface area (TPSA) is 40.5 Å². The second kappa shape index (κ2) is 6.62. The van der Waals surface area contributed by atoms with Crippen molar-refractivity contribution >= 4 is 0 Å². The first-order valence-electron chi connectivity index (χ1n) is 4.24. The lowest BCUT2D eigenvalue weighted by molar-refractivity contribution is 0.0765. The van der Waals surface area contributed by atoms with Gasteiger partial charge in [0.1, 0.15) is 0 Å². The zero-order chi connectivity index (χ0) is 9.49. The van der Waals surface area contributed by atoms with Crippen molar-refractivity contribution < 1.29 is 10.2 Å². The van der Waals surface area contributed by atoms with E-state index in [4.69, 9.17) is 10.2 Å². The van der Waals surface area contributed by atoms with Gasteiger partial charge in [0.25, 0.3) is 0 Å². The van der Waals surface area contributed by atoms with Crippen molar-refractivity contribution in [3.05, 3.63) is 0 Å². The molecule has 2 heteroatoms. The Morgan fingerprint density at radius 1 is 1.27 bits per heavy atom. The summed E-state index contributed by atoms with van der Waals surface area (Å²) in [5.74, 6) is 0. The lowest BCUT2D eigenvalue weighted by atomic mass is 10.1. The Bertz CT molecular complexity index is 72.1. The van der Waals surface area contributed by atoms with Crippen LogP contribution in [0.4, 0.5) is 0 Å². The van der Waals surface area contributed by atoms with Gasteiger partial charge in [0, 0.05) is 0 Å². The molecule has 0 radical (unpaired) electrons. The Labute approximate surface area is 70.3 Å². The van der Waals surface area contributed by atoms with Crippen molar-refractivity contribution in [3.8, 4) is 0 Å². The maximum absolute atomic E-state index is 8.83. The van der Waals surface area contributed by atoms with E-state index in [0.717, 1.165) is 12.8 Å². The maximum atomic E-state index is 8.83. The van der Waals surface area contributed by atoms with Gasteiger partial charge in [-0.2, -0.15) is 0 Å². The lowest BCUT2D eigenvalue weighted by Crippen LogP contribution is -2.15. The summed E-state index contributed by atoms with van der Waals surface area (Å²) in [5, 5.41) is 17.2. The number of hydrogen-bond acceptors (Lipinski definition) is 2. The Morgan fingerprint density at radius 2 is 1.45 bits per heavy atom. The monoisotopic (exact) mass is 162 g/mol. The van der Waals surface area contributed by atoms with Gasteiger partial charge in [0.2, 0.25) is 0 Å². The number of aliphatic hydroxyl groups is 2. The van der Waals surface area contributed by atoms with E-state index in [2.05, 4.69) is 0 Å². The predicted octanol–water partition coefficient (Wildman–Crippen LogP) is 1.94. The minimum atomic E-state index is -0.458. The fourth-order valence-electron chi connectivity index (χ4n) is 0. The molecule has 0 aliphatic heterocycles. The molecule has 0 aliphatic rings. The van der Waals surface area contributed by atoms with Crippen molar-refractivity contribution in [2.75, 3.05) is 0 Å². The molecule has 0 bridgehead atoms. The fraction of sp³-hybridized carbons (Fsp3) is 1.00. The third kappa shape index (κ3) is 25.7. The van der Waals surface area contributed by atoms with Crippen LogP contribution in [0.15, 0.2) is 0 Å².